The van der Waals surface area contributed by atoms with Crippen LogP contribution in [0, 0.1) is 0 Å². The van der Waals surface area contributed by atoms with E-state index in [1.807, 2.05) is 6.07 Å². The van der Waals surface area contributed by atoms with Gasteiger partial charge in [0.2, 0.25) is 0 Å². The summed E-state index contributed by atoms with van der Waals surface area (Å²) < 4.78 is 0. The summed E-state index contributed by atoms with van der Waals surface area (Å²) >= 11 is 0. The summed E-state index contributed by atoms with van der Waals surface area (Å²) in [5.41, 5.74) is 7.09. The Kier molecular flexibility index (Phi) is 2.26. The van der Waals surface area contributed by atoms with Gasteiger partial charge in [0.05, 0.1) is 11.5 Å². The average molecular weight is 284 g/mol. The third kappa shape index (κ3) is 1.28. The zero-order valence-electron chi connectivity index (χ0n) is 12.2. The van der Waals surface area contributed by atoms with Crippen LogP contribution in [0.25, 0.3) is 11.1 Å². The van der Waals surface area contributed by atoms with Crippen LogP contribution in [0.4, 0.5) is 0 Å². The van der Waals surface area contributed by atoms with Crippen LogP contribution in [-0.4, -0.2) is 5.11 Å². The molecule has 0 radical (unpaired) electrons. The van der Waals surface area contributed by atoms with E-state index in [1.54, 1.807) is 0 Å². The zero-order chi connectivity index (χ0) is 14.7. The third-order valence-corrected chi connectivity index (χ3v) is 5.39. The van der Waals surface area contributed by atoms with Crippen molar-refractivity contribution in [2.45, 2.75) is 17.9 Å². The van der Waals surface area contributed by atoms with Gasteiger partial charge in [-0.2, -0.15) is 0 Å². The van der Waals surface area contributed by atoms with Crippen LogP contribution < -0.4 is 0 Å². The molecule has 0 heterocycles. The Morgan fingerprint density at radius 2 is 1.27 bits per heavy atom. The summed E-state index contributed by atoms with van der Waals surface area (Å²) in [4.78, 5) is 0. The fourth-order valence-electron chi connectivity index (χ4n) is 4.47. The van der Waals surface area contributed by atoms with E-state index in [2.05, 4.69) is 66.7 Å². The van der Waals surface area contributed by atoms with Gasteiger partial charge in [0, 0.05) is 0 Å². The topological polar surface area (TPSA) is 20.2 Å². The molecule has 1 N–H and O–H groups in total. The molecule has 0 aliphatic heterocycles. The van der Waals surface area contributed by atoms with Crippen molar-refractivity contribution in [2.24, 2.45) is 0 Å². The number of rotatable bonds is 0. The van der Waals surface area contributed by atoms with Crippen LogP contribution in [0.2, 0.25) is 0 Å². The average Bonchev–Trinajstić information content (AvgIpc) is 3.04. The monoisotopic (exact) mass is 284 g/mol. The minimum absolute atomic E-state index is 0.323. The molecule has 1 spiro atoms. The first-order valence-electron chi connectivity index (χ1n) is 7.77. The Morgan fingerprint density at radius 1 is 0.727 bits per heavy atom. The van der Waals surface area contributed by atoms with Crippen molar-refractivity contribution in [1.29, 1.82) is 0 Å². The van der Waals surface area contributed by atoms with E-state index in [4.69, 9.17) is 0 Å². The predicted molar refractivity (Wildman–Crippen MR) is 87.8 cm³/mol. The van der Waals surface area contributed by atoms with Gasteiger partial charge < -0.3 is 5.11 Å². The van der Waals surface area contributed by atoms with Crippen LogP contribution in [0.3, 0.4) is 0 Å². The van der Waals surface area contributed by atoms with Gasteiger partial charge in [-0.3, -0.25) is 0 Å². The maximum absolute atomic E-state index is 11.2. The smallest absolute Gasteiger partial charge is 0.0933 e. The molecule has 1 heteroatoms. The molecule has 2 aliphatic carbocycles. The van der Waals surface area contributed by atoms with Gasteiger partial charge in [-0.1, -0.05) is 72.8 Å². The molecule has 0 amide bonds. The Balaban J connectivity index is 1.87. The summed E-state index contributed by atoms with van der Waals surface area (Å²) in [7, 11) is 0. The molecule has 3 aromatic carbocycles. The number of benzene rings is 3. The van der Waals surface area contributed by atoms with Crippen molar-refractivity contribution in [2.75, 3.05) is 0 Å². The summed E-state index contributed by atoms with van der Waals surface area (Å²) in [6.45, 7) is 0. The van der Waals surface area contributed by atoms with Gasteiger partial charge in [0.15, 0.2) is 0 Å². The number of hydrogen-bond acceptors (Lipinski definition) is 1. The molecule has 1 nitrogen and oxygen atoms in total. The Morgan fingerprint density at radius 3 is 1.91 bits per heavy atom. The van der Waals surface area contributed by atoms with Crippen LogP contribution in [0.1, 0.15) is 28.4 Å². The van der Waals surface area contributed by atoms with Crippen LogP contribution in [0.15, 0.2) is 72.8 Å². The molecule has 5 rings (SSSR count). The second kappa shape index (κ2) is 4.08. The standard InChI is InChI=1S/C21H16O/c22-20-15-8-2-1-7-14(15)13-21(20)18-11-5-3-9-16(18)17-10-4-6-12-19(17)21/h1-12,20,22H,13H2. The van der Waals surface area contributed by atoms with Crippen molar-refractivity contribution >= 4 is 0 Å². The highest BCUT2D eigenvalue weighted by Gasteiger charge is 2.52. The fourth-order valence-corrected chi connectivity index (χ4v) is 4.47. The SMILES string of the molecule is OC1c2ccccc2CC12c1ccccc1-c1ccccc12. The van der Waals surface area contributed by atoms with E-state index < -0.39 is 6.10 Å². The molecule has 0 bridgehead atoms. The lowest BCUT2D eigenvalue weighted by Gasteiger charge is -2.31. The van der Waals surface area contributed by atoms with Crippen molar-refractivity contribution in [1.82, 2.24) is 0 Å². The Hall–Kier alpha value is -2.38. The maximum Gasteiger partial charge on any atom is 0.0933 e. The number of aliphatic hydroxyl groups is 1. The normalized spacial score (nSPS) is 19.8. The molecule has 0 fully saturated rings. The molecule has 0 saturated carbocycles. The van der Waals surface area contributed by atoms with E-state index >= 15 is 0 Å². The second-order valence-electron chi connectivity index (χ2n) is 6.34. The predicted octanol–water partition coefficient (Wildman–Crippen LogP) is 4.24. The number of aliphatic hydroxyl groups excluding tert-OH is 1. The minimum atomic E-state index is -0.478. The first-order valence-corrected chi connectivity index (χ1v) is 7.77. The van der Waals surface area contributed by atoms with E-state index in [-0.39, 0.29) is 5.41 Å². The van der Waals surface area contributed by atoms with E-state index in [0.29, 0.717) is 0 Å². The summed E-state index contributed by atoms with van der Waals surface area (Å²) in [6, 6.07) is 25.4. The lowest BCUT2D eigenvalue weighted by atomic mass is 9.74. The molecule has 0 aromatic heterocycles. The lowest BCUT2D eigenvalue weighted by Crippen LogP contribution is -2.30. The van der Waals surface area contributed by atoms with Crippen molar-refractivity contribution in [3.05, 3.63) is 95.1 Å². The van der Waals surface area contributed by atoms with Crippen molar-refractivity contribution in [3.8, 4) is 11.1 Å². The Bertz CT molecular complexity index is 848. The van der Waals surface area contributed by atoms with Gasteiger partial charge in [-0.05, 0) is 39.8 Å². The summed E-state index contributed by atoms with van der Waals surface area (Å²) in [6.07, 6.45) is 0.395. The largest absolute Gasteiger partial charge is 0.387 e. The van der Waals surface area contributed by atoms with Gasteiger partial charge in [0.1, 0.15) is 0 Å². The van der Waals surface area contributed by atoms with Crippen LogP contribution in [0.5, 0.6) is 0 Å². The van der Waals surface area contributed by atoms with Crippen molar-refractivity contribution < 1.29 is 5.11 Å². The van der Waals surface area contributed by atoms with E-state index in [9.17, 15) is 5.11 Å². The molecule has 1 atom stereocenters. The molecule has 22 heavy (non-hydrogen) atoms. The molecular weight excluding hydrogens is 268 g/mol. The minimum Gasteiger partial charge on any atom is -0.387 e. The molecule has 106 valence electrons. The number of hydrogen-bond donors (Lipinski definition) is 1. The first kappa shape index (κ1) is 12.2. The van der Waals surface area contributed by atoms with Gasteiger partial charge in [-0.15, -0.1) is 0 Å². The van der Waals surface area contributed by atoms with Crippen LogP contribution in [-0.2, 0) is 11.8 Å². The third-order valence-electron chi connectivity index (χ3n) is 5.39. The van der Waals surface area contributed by atoms with Gasteiger partial charge in [0.25, 0.3) is 0 Å². The summed E-state index contributed by atoms with van der Waals surface area (Å²) in [5, 5.41) is 11.2. The van der Waals surface area contributed by atoms with Gasteiger partial charge >= 0.3 is 0 Å². The second-order valence-corrected chi connectivity index (χ2v) is 6.34. The van der Waals surface area contributed by atoms with E-state index in [1.165, 1.54) is 27.8 Å². The quantitative estimate of drug-likeness (QED) is 0.654. The fraction of sp³-hybridized carbons (Fsp3) is 0.143. The highest BCUT2D eigenvalue weighted by Crippen LogP contribution is 2.59. The van der Waals surface area contributed by atoms with Crippen molar-refractivity contribution in [3.63, 3.8) is 0 Å². The molecule has 3 aromatic rings. The molecule has 2 aliphatic rings. The summed E-state index contributed by atoms with van der Waals surface area (Å²) in [5.74, 6) is 0. The molecule has 1 unspecified atom stereocenters. The maximum atomic E-state index is 11.2. The van der Waals surface area contributed by atoms with E-state index in [0.717, 1.165) is 12.0 Å². The molecular formula is C21H16O. The highest BCUT2D eigenvalue weighted by atomic mass is 16.3. The lowest BCUT2D eigenvalue weighted by molar-refractivity contribution is 0.120. The van der Waals surface area contributed by atoms with Gasteiger partial charge in [-0.25, -0.2) is 0 Å². The van der Waals surface area contributed by atoms with Crippen LogP contribution >= 0.6 is 0 Å². The zero-order valence-corrected chi connectivity index (χ0v) is 12.2. The highest BCUT2D eigenvalue weighted by molar-refractivity contribution is 5.82. The first-order chi connectivity index (χ1) is 10.8. The molecule has 0 saturated heterocycles. The Labute approximate surface area is 129 Å². The number of fused-ring (bicyclic) bond motifs is 6.